The molecule has 24 heavy (non-hydrogen) atoms. The molecule has 0 aliphatic rings. The van der Waals surface area contributed by atoms with Gasteiger partial charge in [0.1, 0.15) is 0 Å². The van der Waals surface area contributed by atoms with E-state index in [0.717, 1.165) is 10.5 Å². The molecule has 0 aliphatic heterocycles. The van der Waals surface area contributed by atoms with Crippen LogP contribution in [0.5, 0.6) is 0 Å². The lowest BCUT2D eigenvalue weighted by atomic mass is 10.1. The molecule has 1 heterocycles. The fourth-order valence-electron chi connectivity index (χ4n) is 1.78. The first-order valence-electron chi connectivity index (χ1n) is 7.10. The van der Waals surface area contributed by atoms with Crippen molar-refractivity contribution in [2.75, 3.05) is 18.1 Å². The average Bonchev–Trinajstić information content (AvgIpc) is 2.53. The number of hydrogen-bond acceptors (Lipinski definition) is 6. The van der Waals surface area contributed by atoms with Crippen molar-refractivity contribution in [2.45, 2.75) is 28.1 Å². The van der Waals surface area contributed by atoms with Crippen LogP contribution in [-0.2, 0) is 3.79 Å². The number of hydrogen-bond donors (Lipinski definition) is 2. The molecule has 0 amide bonds. The molecular formula is C15H18Cl3N5S. The molecule has 0 fully saturated rings. The van der Waals surface area contributed by atoms with Crippen LogP contribution in [0.3, 0.4) is 0 Å². The highest BCUT2D eigenvalue weighted by molar-refractivity contribution is 7.98. The lowest BCUT2D eigenvalue weighted by Gasteiger charge is -2.25. The number of benzene rings is 1. The molecule has 0 saturated heterocycles. The largest absolute Gasteiger partial charge is 0.348 e. The Morgan fingerprint density at radius 1 is 1.08 bits per heavy atom. The molecule has 9 heteroatoms. The van der Waals surface area contributed by atoms with E-state index in [-0.39, 0.29) is 5.82 Å². The number of nitrogens with zero attached hydrogens (tertiary/aromatic N) is 3. The SMILES string of the molecule is CSc1ccc(-c2nc(NC(C)(C)CN)nc(C(Cl)(Cl)Cl)n2)cc1. The molecule has 3 N–H and O–H groups in total. The maximum atomic E-state index is 5.97. The lowest BCUT2D eigenvalue weighted by molar-refractivity contribution is 0.573. The Kier molecular flexibility index (Phi) is 6.20. The van der Waals surface area contributed by atoms with Crippen LogP contribution in [0, 0.1) is 0 Å². The van der Waals surface area contributed by atoms with Gasteiger partial charge in [0, 0.05) is 22.5 Å². The molecule has 0 aliphatic carbocycles. The summed E-state index contributed by atoms with van der Waals surface area (Å²) in [4.78, 5) is 14.1. The van der Waals surface area contributed by atoms with Crippen LogP contribution < -0.4 is 11.1 Å². The second-order valence-electron chi connectivity index (χ2n) is 5.75. The highest BCUT2D eigenvalue weighted by Crippen LogP contribution is 2.37. The van der Waals surface area contributed by atoms with Crippen LogP contribution in [0.15, 0.2) is 29.2 Å². The summed E-state index contributed by atoms with van der Waals surface area (Å²) in [5.74, 6) is 0.793. The van der Waals surface area contributed by atoms with Crippen molar-refractivity contribution < 1.29 is 0 Å². The van der Waals surface area contributed by atoms with Gasteiger partial charge < -0.3 is 11.1 Å². The molecular weight excluding hydrogens is 389 g/mol. The summed E-state index contributed by atoms with van der Waals surface area (Å²) < 4.78 is -1.75. The van der Waals surface area contributed by atoms with E-state index < -0.39 is 9.33 Å². The normalized spacial score (nSPS) is 12.3. The third kappa shape index (κ3) is 5.10. The van der Waals surface area contributed by atoms with Crippen LogP contribution >= 0.6 is 46.6 Å². The number of aromatic nitrogens is 3. The molecule has 1 aromatic carbocycles. The van der Waals surface area contributed by atoms with Gasteiger partial charge in [-0.25, -0.2) is 4.98 Å². The average molecular weight is 407 g/mol. The minimum atomic E-state index is -1.75. The molecule has 2 rings (SSSR count). The second-order valence-corrected chi connectivity index (χ2v) is 8.91. The second kappa shape index (κ2) is 7.62. The number of alkyl halides is 3. The zero-order chi connectivity index (χ0) is 18.0. The van der Waals surface area contributed by atoms with Crippen molar-refractivity contribution in [3.63, 3.8) is 0 Å². The molecule has 2 aromatic rings. The summed E-state index contributed by atoms with van der Waals surface area (Å²) in [5, 5.41) is 3.15. The standard InChI is InChI=1S/C15H18Cl3N5S/c1-14(2,8-19)23-13-21-11(20-12(22-13)15(16,17)18)9-4-6-10(24-3)7-5-9/h4-7H,8,19H2,1-3H3,(H,20,21,22,23). The Morgan fingerprint density at radius 3 is 2.21 bits per heavy atom. The highest BCUT2D eigenvalue weighted by atomic mass is 35.6. The quantitative estimate of drug-likeness (QED) is 0.571. The molecule has 0 atom stereocenters. The van der Waals surface area contributed by atoms with Crippen LogP contribution in [0.2, 0.25) is 0 Å². The van der Waals surface area contributed by atoms with Crippen molar-refractivity contribution in [3.05, 3.63) is 30.1 Å². The zero-order valence-electron chi connectivity index (χ0n) is 13.5. The predicted molar refractivity (Wildman–Crippen MR) is 103 cm³/mol. The van der Waals surface area contributed by atoms with E-state index in [1.54, 1.807) is 11.8 Å². The molecule has 0 unspecified atom stereocenters. The number of thioether (sulfide) groups is 1. The van der Waals surface area contributed by atoms with Gasteiger partial charge in [-0.1, -0.05) is 46.9 Å². The Bertz CT molecular complexity index is 701. The summed E-state index contributed by atoms with van der Waals surface area (Å²) in [6, 6.07) is 7.80. The van der Waals surface area contributed by atoms with Crippen LogP contribution in [0.4, 0.5) is 5.95 Å². The summed E-state index contributed by atoms with van der Waals surface area (Å²) >= 11 is 19.5. The van der Waals surface area contributed by atoms with Gasteiger partial charge in [0.2, 0.25) is 9.74 Å². The number of anilines is 1. The highest BCUT2D eigenvalue weighted by Gasteiger charge is 2.29. The molecule has 0 bridgehead atoms. The van der Waals surface area contributed by atoms with E-state index in [2.05, 4.69) is 20.3 Å². The van der Waals surface area contributed by atoms with E-state index >= 15 is 0 Å². The van der Waals surface area contributed by atoms with Gasteiger partial charge in [-0.15, -0.1) is 11.8 Å². The van der Waals surface area contributed by atoms with Crippen molar-refractivity contribution >= 4 is 52.5 Å². The van der Waals surface area contributed by atoms with Crippen LogP contribution in [-0.4, -0.2) is 33.3 Å². The monoisotopic (exact) mass is 405 g/mol. The van der Waals surface area contributed by atoms with Crippen LogP contribution in [0.1, 0.15) is 19.7 Å². The van der Waals surface area contributed by atoms with Gasteiger partial charge in [-0.05, 0) is 32.2 Å². The first-order valence-corrected chi connectivity index (χ1v) is 9.46. The predicted octanol–water partition coefficient (Wildman–Crippen LogP) is 4.24. The minimum absolute atomic E-state index is 0.0572. The van der Waals surface area contributed by atoms with Gasteiger partial charge in [0.05, 0.1) is 0 Å². The number of rotatable bonds is 5. The van der Waals surface area contributed by atoms with Gasteiger partial charge in [-0.2, -0.15) is 9.97 Å². The topological polar surface area (TPSA) is 76.7 Å². The van der Waals surface area contributed by atoms with Gasteiger partial charge in [-0.3, -0.25) is 0 Å². The smallest absolute Gasteiger partial charge is 0.250 e. The van der Waals surface area contributed by atoms with E-state index in [0.29, 0.717) is 18.3 Å². The van der Waals surface area contributed by atoms with E-state index in [1.807, 2.05) is 44.4 Å². The summed E-state index contributed by atoms with van der Waals surface area (Å²) in [7, 11) is 0. The molecule has 0 saturated carbocycles. The maximum absolute atomic E-state index is 5.97. The Balaban J connectivity index is 2.49. The fourth-order valence-corrected chi connectivity index (χ4v) is 2.44. The fraction of sp³-hybridized carbons (Fsp3) is 0.400. The first kappa shape index (κ1) is 19.5. The molecule has 1 aromatic heterocycles. The van der Waals surface area contributed by atoms with E-state index in [9.17, 15) is 0 Å². The van der Waals surface area contributed by atoms with Crippen molar-refractivity contribution in [1.82, 2.24) is 15.0 Å². The third-order valence-electron chi connectivity index (χ3n) is 3.20. The van der Waals surface area contributed by atoms with Crippen molar-refractivity contribution in [3.8, 4) is 11.4 Å². The molecule has 0 spiro atoms. The number of halogens is 3. The molecule has 5 nitrogen and oxygen atoms in total. The Labute approximate surface area is 160 Å². The number of nitrogens with one attached hydrogen (secondary N) is 1. The third-order valence-corrected chi connectivity index (χ3v) is 4.45. The summed E-state index contributed by atoms with van der Waals surface area (Å²) in [6.45, 7) is 4.25. The van der Waals surface area contributed by atoms with Gasteiger partial charge >= 0.3 is 0 Å². The number of nitrogens with two attached hydrogens (primary N) is 1. The minimum Gasteiger partial charge on any atom is -0.348 e. The Hall–Kier alpha value is -0.790. The zero-order valence-corrected chi connectivity index (χ0v) is 16.6. The first-order chi connectivity index (χ1) is 11.1. The van der Waals surface area contributed by atoms with E-state index in [1.165, 1.54) is 0 Å². The van der Waals surface area contributed by atoms with Crippen molar-refractivity contribution in [2.24, 2.45) is 5.73 Å². The maximum Gasteiger partial charge on any atom is 0.250 e. The Morgan fingerprint density at radius 2 is 1.71 bits per heavy atom. The summed E-state index contributed by atoms with van der Waals surface area (Å²) in [5.41, 5.74) is 6.14. The van der Waals surface area contributed by atoms with Crippen LogP contribution in [0.25, 0.3) is 11.4 Å². The van der Waals surface area contributed by atoms with Gasteiger partial charge in [0.15, 0.2) is 11.6 Å². The molecule has 0 radical (unpaired) electrons. The van der Waals surface area contributed by atoms with E-state index in [4.69, 9.17) is 40.5 Å². The summed E-state index contributed by atoms with van der Waals surface area (Å²) in [6.07, 6.45) is 2.01. The van der Waals surface area contributed by atoms with Crippen molar-refractivity contribution in [1.29, 1.82) is 0 Å². The van der Waals surface area contributed by atoms with Gasteiger partial charge in [0.25, 0.3) is 0 Å². The molecule has 130 valence electrons. The lowest BCUT2D eigenvalue weighted by Crippen LogP contribution is -2.40.